The Morgan fingerprint density at radius 1 is 1.26 bits per heavy atom. The van der Waals surface area contributed by atoms with Gasteiger partial charge in [-0.3, -0.25) is 14.5 Å². The molecule has 3 aromatic rings. The van der Waals surface area contributed by atoms with E-state index in [4.69, 9.17) is 33.7 Å². The Bertz CT molecular complexity index is 1310. The summed E-state index contributed by atoms with van der Waals surface area (Å²) in [6, 6.07) is 7.32. The number of fused-ring (bicyclic) bond motifs is 1. The van der Waals surface area contributed by atoms with E-state index in [1.807, 2.05) is 4.90 Å². The van der Waals surface area contributed by atoms with Crippen molar-refractivity contribution in [2.45, 2.75) is 12.6 Å². The van der Waals surface area contributed by atoms with Crippen molar-refractivity contribution in [3.63, 3.8) is 0 Å². The largest absolute Gasteiger partial charge is 0.492 e. The summed E-state index contributed by atoms with van der Waals surface area (Å²) < 4.78 is 51.7. The molecule has 0 amide bonds. The zero-order valence-corrected chi connectivity index (χ0v) is 18.4. The molecule has 1 N–H and O–H groups in total. The number of alkyl halides is 3. The van der Waals surface area contributed by atoms with Crippen molar-refractivity contribution in [3.05, 3.63) is 57.2 Å². The van der Waals surface area contributed by atoms with Gasteiger partial charge in [0, 0.05) is 19.2 Å². The molecule has 2 heterocycles. The van der Waals surface area contributed by atoms with Crippen LogP contribution in [0.25, 0.3) is 22.3 Å². The van der Waals surface area contributed by atoms with Gasteiger partial charge in [-0.25, -0.2) is 0 Å². The molecular weight excluding hydrogens is 474 g/mol. The summed E-state index contributed by atoms with van der Waals surface area (Å²) in [6.07, 6.45) is -4.20. The summed E-state index contributed by atoms with van der Waals surface area (Å²) in [5.74, 6) is -1.01. The lowest BCUT2D eigenvalue weighted by molar-refractivity contribution is -0.141. The van der Waals surface area contributed by atoms with E-state index in [-0.39, 0.29) is 28.7 Å². The van der Waals surface area contributed by atoms with E-state index in [0.29, 0.717) is 37.1 Å². The number of halogens is 4. The molecule has 4 rings (SSSR count). The molecule has 1 aromatic heterocycles. The molecule has 176 valence electrons. The molecule has 0 spiro atoms. The number of carbonyl (C=O) groups is 1. The fourth-order valence-electron chi connectivity index (χ4n) is 3.99. The van der Waals surface area contributed by atoms with E-state index in [1.54, 1.807) is 0 Å². The van der Waals surface area contributed by atoms with E-state index in [1.165, 1.54) is 18.2 Å². The van der Waals surface area contributed by atoms with Crippen molar-refractivity contribution in [2.75, 3.05) is 26.2 Å². The van der Waals surface area contributed by atoms with Crippen molar-refractivity contribution >= 4 is 41.8 Å². The third-order valence-electron chi connectivity index (χ3n) is 5.69. The van der Waals surface area contributed by atoms with Gasteiger partial charge in [0.1, 0.15) is 26.0 Å². The average molecular weight is 492 g/mol. The molecule has 0 aliphatic carbocycles. The van der Waals surface area contributed by atoms with Crippen LogP contribution >= 0.6 is 11.6 Å². The Labute approximate surface area is 198 Å². The molecule has 0 bridgehead atoms. The maximum absolute atomic E-state index is 13.4. The third kappa shape index (κ3) is 4.93. The topological polar surface area (TPSA) is 80.0 Å². The van der Waals surface area contributed by atoms with Gasteiger partial charge < -0.3 is 14.3 Å². The van der Waals surface area contributed by atoms with Gasteiger partial charge in [0.15, 0.2) is 11.0 Å². The van der Waals surface area contributed by atoms with Gasteiger partial charge in [0.2, 0.25) is 0 Å². The van der Waals surface area contributed by atoms with Crippen molar-refractivity contribution in [1.82, 2.24) is 4.90 Å². The number of hydrogen-bond acceptors (Lipinski definition) is 5. The maximum Gasteiger partial charge on any atom is 0.417 e. The molecule has 1 atom stereocenters. The van der Waals surface area contributed by atoms with Gasteiger partial charge in [0.25, 0.3) is 0 Å². The number of benzene rings is 2. The fraction of sp³-hybridized carbons (Fsp3) is 0.304. The van der Waals surface area contributed by atoms with Crippen LogP contribution in [0.5, 0.6) is 5.75 Å². The first-order valence-corrected chi connectivity index (χ1v) is 10.7. The summed E-state index contributed by atoms with van der Waals surface area (Å²) >= 11 is 6.07. The first kappa shape index (κ1) is 24.2. The van der Waals surface area contributed by atoms with Crippen LogP contribution in [0.4, 0.5) is 13.2 Å². The van der Waals surface area contributed by atoms with Gasteiger partial charge >= 0.3 is 12.1 Å². The molecule has 2 radical (unpaired) electrons. The predicted molar refractivity (Wildman–Crippen MR) is 121 cm³/mol. The fourth-order valence-corrected chi connectivity index (χ4v) is 4.18. The second-order valence-electron chi connectivity index (χ2n) is 8.00. The molecule has 0 unspecified atom stereocenters. The minimum absolute atomic E-state index is 0.0270. The molecular formula is C23H18BClF3NO5. The van der Waals surface area contributed by atoms with Crippen LogP contribution in [-0.4, -0.2) is 50.1 Å². The Morgan fingerprint density at radius 2 is 2.03 bits per heavy atom. The number of nitrogens with zero attached hydrogens (tertiary/aromatic N) is 1. The zero-order chi connectivity index (χ0) is 24.6. The highest BCUT2D eigenvalue weighted by Crippen LogP contribution is 2.38. The molecule has 0 saturated carbocycles. The highest BCUT2D eigenvalue weighted by Gasteiger charge is 2.35. The summed E-state index contributed by atoms with van der Waals surface area (Å²) in [5.41, 5.74) is -1.73. The number of hydrogen-bond donors (Lipinski definition) is 1. The van der Waals surface area contributed by atoms with Crippen LogP contribution in [-0.2, 0) is 11.0 Å². The lowest BCUT2D eigenvalue weighted by atomic mass is 9.94. The lowest BCUT2D eigenvalue weighted by Gasteiger charge is -2.17. The highest BCUT2D eigenvalue weighted by atomic mass is 35.5. The molecule has 11 heteroatoms. The molecule has 34 heavy (non-hydrogen) atoms. The summed E-state index contributed by atoms with van der Waals surface area (Å²) in [6.45, 7) is 1.70. The van der Waals surface area contributed by atoms with E-state index in [9.17, 15) is 22.8 Å². The highest BCUT2D eigenvalue weighted by molar-refractivity contribution is 6.35. The molecule has 6 nitrogen and oxygen atoms in total. The Hall–Kier alpha value is -2.98. The number of aliphatic carboxylic acids is 1. The SMILES string of the molecule is [B]c1ccc(-c2cc(=O)c3c(C(F)(F)F)ccc(Cl)c3o2)c(OCCN2CC[C@H](C(=O)O)C2)c1. The van der Waals surface area contributed by atoms with Crippen LogP contribution in [0.15, 0.2) is 45.6 Å². The van der Waals surface area contributed by atoms with Crippen LogP contribution < -0.4 is 15.6 Å². The van der Waals surface area contributed by atoms with Gasteiger partial charge in [-0.2, -0.15) is 13.2 Å². The lowest BCUT2D eigenvalue weighted by Crippen LogP contribution is -2.27. The first-order chi connectivity index (χ1) is 16.0. The number of rotatable bonds is 6. The van der Waals surface area contributed by atoms with Gasteiger partial charge in [0.05, 0.1) is 27.5 Å². The predicted octanol–water partition coefficient (Wildman–Crippen LogP) is 3.71. The second-order valence-corrected chi connectivity index (χ2v) is 8.41. The van der Waals surface area contributed by atoms with Crippen LogP contribution in [0.1, 0.15) is 12.0 Å². The third-order valence-corrected chi connectivity index (χ3v) is 5.99. The maximum atomic E-state index is 13.4. The van der Waals surface area contributed by atoms with Crippen molar-refractivity contribution < 1.29 is 32.2 Å². The summed E-state index contributed by atoms with van der Waals surface area (Å²) in [7, 11) is 5.87. The van der Waals surface area contributed by atoms with Crippen molar-refractivity contribution in [1.29, 1.82) is 0 Å². The summed E-state index contributed by atoms with van der Waals surface area (Å²) in [4.78, 5) is 25.8. The monoisotopic (exact) mass is 491 g/mol. The number of carboxylic acid groups (broad SMARTS) is 1. The van der Waals surface area contributed by atoms with Gasteiger partial charge in [-0.15, -0.1) is 0 Å². The van der Waals surface area contributed by atoms with E-state index in [0.717, 1.165) is 18.2 Å². The number of likely N-dealkylation sites (tertiary alicyclic amines) is 1. The number of ether oxygens (including phenoxy) is 1. The molecule has 1 fully saturated rings. The van der Waals surface area contributed by atoms with Crippen LogP contribution in [0.2, 0.25) is 5.02 Å². The van der Waals surface area contributed by atoms with Gasteiger partial charge in [-0.1, -0.05) is 23.1 Å². The molecule has 1 aliphatic rings. The Morgan fingerprint density at radius 3 is 2.71 bits per heavy atom. The van der Waals surface area contributed by atoms with Crippen molar-refractivity contribution in [3.8, 4) is 17.1 Å². The minimum atomic E-state index is -4.76. The van der Waals surface area contributed by atoms with Crippen molar-refractivity contribution in [2.24, 2.45) is 5.92 Å². The van der Waals surface area contributed by atoms with Crippen LogP contribution in [0, 0.1) is 5.92 Å². The van der Waals surface area contributed by atoms with Crippen LogP contribution in [0.3, 0.4) is 0 Å². The molecule has 2 aromatic carbocycles. The van der Waals surface area contributed by atoms with E-state index in [2.05, 4.69) is 0 Å². The quantitative estimate of drug-likeness (QED) is 0.530. The number of carboxylic acids is 1. The average Bonchev–Trinajstić information content (AvgIpc) is 3.23. The first-order valence-electron chi connectivity index (χ1n) is 10.4. The standard InChI is InChI=1S/C23H18BClF3NO5/c24-13-1-2-14(18(9-13)33-8-7-29-6-5-12(11-29)22(31)32)19-10-17(30)20-15(23(26,27)28)3-4-16(25)21(20)34-19/h1-4,9-10,12H,5-8,11H2,(H,31,32)/t12-/m0/s1. The Kier molecular flexibility index (Phi) is 6.64. The molecule has 1 saturated heterocycles. The summed E-state index contributed by atoms with van der Waals surface area (Å²) in [5, 5.41) is 8.34. The normalized spacial score (nSPS) is 16.8. The Balaban J connectivity index is 1.65. The minimum Gasteiger partial charge on any atom is -0.492 e. The van der Waals surface area contributed by atoms with E-state index >= 15 is 0 Å². The zero-order valence-electron chi connectivity index (χ0n) is 17.7. The van der Waals surface area contributed by atoms with E-state index < -0.39 is 34.4 Å². The second kappa shape index (κ2) is 9.35. The smallest absolute Gasteiger partial charge is 0.417 e. The molecule has 1 aliphatic heterocycles. The van der Waals surface area contributed by atoms with Gasteiger partial charge in [-0.05, 0) is 37.2 Å².